The molecule has 1 fully saturated rings. The first kappa shape index (κ1) is 20.0. The maximum absolute atomic E-state index is 12.1. The van der Waals surface area contributed by atoms with Crippen LogP contribution in [0.15, 0.2) is 23.5 Å². The van der Waals surface area contributed by atoms with Gasteiger partial charge in [0.2, 0.25) is 0 Å². The summed E-state index contributed by atoms with van der Waals surface area (Å²) in [5.41, 5.74) is 6.57. The second kappa shape index (κ2) is 8.40. The number of nitrogens with zero attached hydrogens (tertiary/aromatic N) is 3. The van der Waals surface area contributed by atoms with E-state index >= 15 is 0 Å². The van der Waals surface area contributed by atoms with Gasteiger partial charge in [0.15, 0.2) is 0 Å². The molecular weight excluding hydrogens is 356 g/mol. The highest BCUT2D eigenvalue weighted by atomic mass is 35.5. The fourth-order valence-corrected chi connectivity index (χ4v) is 2.61. The largest absolute Gasteiger partial charge is 0.496 e. The number of rotatable bonds is 5. The first-order chi connectivity index (χ1) is 12.2. The van der Waals surface area contributed by atoms with Crippen LogP contribution in [0.25, 0.3) is 5.57 Å². The molecule has 1 aromatic heterocycles. The Hall–Kier alpha value is -2.28. The van der Waals surface area contributed by atoms with E-state index in [9.17, 15) is 4.79 Å². The van der Waals surface area contributed by atoms with Gasteiger partial charge in [-0.15, -0.1) is 0 Å². The molecule has 0 aromatic carbocycles. The van der Waals surface area contributed by atoms with Crippen molar-refractivity contribution < 1.29 is 14.3 Å². The summed E-state index contributed by atoms with van der Waals surface area (Å²) in [5.74, 6) is 0.562. The van der Waals surface area contributed by atoms with Crippen LogP contribution in [0.5, 0.6) is 5.75 Å². The van der Waals surface area contributed by atoms with E-state index in [0.29, 0.717) is 35.1 Å². The van der Waals surface area contributed by atoms with Gasteiger partial charge in [-0.25, -0.2) is 9.78 Å². The SMILES string of the molecule is COc1cc(Cl)ncc1/C(C=NCC1CCN1C(=O)OC(C)(C)C)=C/N. The van der Waals surface area contributed by atoms with Crippen molar-refractivity contribution in [3.8, 4) is 5.75 Å². The third kappa shape index (κ3) is 5.11. The van der Waals surface area contributed by atoms with Gasteiger partial charge in [-0.3, -0.25) is 4.99 Å². The fourth-order valence-electron chi connectivity index (χ4n) is 2.47. The summed E-state index contributed by atoms with van der Waals surface area (Å²) in [6.45, 7) is 6.71. The lowest BCUT2D eigenvalue weighted by Gasteiger charge is -2.40. The number of methoxy groups -OCH3 is 1. The van der Waals surface area contributed by atoms with Gasteiger partial charge < -0.3 is 20.1 Å². The van der Waals surface area contributed by atoms with Gasteiger partial charge in [-0.2, -0.15) is 0 Å². The predicted octanol–water partition coefficient (Wildman–Crippen LogP) is 3.12. The number of nitrogens with two attached hydrogens (primary N) is 1. The molecule has 1 atom stereocenters. The molecule has 26 heavy (non-hydrogen) atoms. The molecule has 1 unspecified atom stereocenters. The standard InChI is InChI=1S/C18H25ClN4O3/c1-18(2,3)26-17(24)23-6-5-13(23)10-21-9-12(8-20)14-11-22-16(19)7-15(14)25-4/h7-9,11,13H,5-6,10,20H2,1-4H3/b12-8+,21-9?. The zero-order chi connectivity index (χ0) is 19.3. The van der Waals surface area contributed by atoms with E-state index in [1.54, 1.807) is 30.5 Å². The van der Waals surface area contributed by atoms with Crippen molar-refractivity contribution in [3.05, 3.63) is 29.2 Å². The summed E-state index contributed by atoms with van der Waals surface area (Å²) >= 11 is 5.88. The molecule has 2 heterocycles. The van der Waals surface area contributed by atoms with Crippen LogP contribution in [-0.2, 0) is 4.74 Å². The Morgan fingerprint density at radius 3 is 2.81 bits per heavy atom. The van der Waals surface area contributed by atoms with E-state index in [-0.39, 0.29) is 12.1 Å². The molecule has 1 aliphatic rings. The number of likely N-dealkylation sites (tertiary alicyclic amines) is 1. The number of carbonyl (C=O) groups excluding carboxylic acids is 1. The van der Waals surface area contributed by atoms with Crippen molar-refractivity contribution in [2.45, 2.75) is 38.8 Å². The zero-order valence-corrected chi connectivity index (χ0v) is 16.3. The van der Waals surface area contributed by atoms with Gasteiger partial charge in [0, 0.05) is 42.4 Å². The lowest BCUT2D eigenvalue weighted by atomic mass is 10.0. The van der Waals surface area contributed by atoms with Crippen LogP contribution in [0.2, 0.25) is 5.15 Å². The van der Waals surface area contributed by atoms with E-state index in [0.717, 1.165) is 6.42 Å². The van der Waals surface area contributed by atoms with Crippen molar-refractivity contribution in [1.29, 1.82) is 0 Å². The maximum atomic E-state index is 12.1. The van der Waals surface area contributed by atoms with Crippen molar-refractivity contribution in [2.24, 2.45) is 10.7 Å². The molecule has 0 bridgehead atoms. The van der Waals surface area contributed by atoms with Crippen molar-refractivity contribution >= 4 is 29.5 Å². The summed E-state index contributed by atoms with van der Waals surface area (Å²) in [6.07, 6.45) is 5.26. The molecule has 7 nitrogen and oxygen atoms in total. The van der Waals surface area contributed by atoms with Crippen molar-refractivity contribution in [3.63, 3.8) is 0 Å². The number of hydrogen-bond acceptors (Lipinski definition) is 6. The highest BCUT2D eigenvalue weighted by molar-refractivity contribution is 6.29. The molecule has 1 saturated heterocycles. The van der Waals surface area contributed by atoms with Crippen LogP contribution < -0.4 is 10.5 Å². The molecule has 0 radical (unpaired) electrons. The Balaban J connectivity index is 2.00. The molecule has 142 valence electrons. The van der Waals surface area contributed by atoms with E-state index in [1.165, 1.54) is 6.20 Å². The van der Waals surface area contributed by atoms with E-state index in [2.05, 4.69) is 9.98 Å². The number of carbonyl (C=O) groups is 1. The minimum atomic E-state index is -0.506. The summed E-state index contributed by atoms with van der Waals surface area (Å²) < 4.78 is 10.7. The average Bonchev–Trinajstić information content (AvgIpc) is 2.52. The van der Waals surface area contributed by atoms with Gasteiger partial charge >= 0.3 is 6.09 Å². The molecule has 1 aliphatic heterocycles. The van der Waals surface area contributed by atoms with E-state index in [1.807, 2.05) is 20.8 Å². The zero-order valence-electron chi connectivity index (χ0n) is 15.5. The number of halogens is 1. The number of hydrogen-bond donors (Lipinski definition) is 1. The van der Waals surface area contributed by atoms with Crippen molar-refractivity contribution in [1.82, 2.24) is 9.88 Å². The number of ether oxygens (including phenoxy) is 2. The lowest BCUT2D eigenvalue weighted by Crippen LogP contribution is -2.54. The van der Waals surface area contributed by atoms with Gasteiger partial charge in [0.05, 0.1) is 19.7 Å². The average molecular weight is 381 g/mol. The first-order valence-electron chi connectivity index (χ1n) is 8.36. The quantitative estimate of drug-likeness (QED) is 0.626. The highest BCUT2D eigenvalue weighted by Crippen LogP contribution is 2.26. The monoisotopic (exact) mass is 380 g/mol. The molecule has 0 spiro atoms. The van der Waals surface area contributed by atoms with Crippen LogP contribution >= 0.6 is 11.6 Å². The van der Waals surface area contributed by atoms with Gasteiger partial charge in [-0.1, -0.05) is 11.6 Å². The second-order valence-corrected chi connectivity index (χ2v) is 7.33. The van der Waals surface area contributed by atoms with Gasteiger partial charge in [0.1, 0.15) is 16.5 Å². The molecule has 1 amide bonds. The topological polar surface area (TPSA) is 90.0 Å². The number of pyridine rings is 1. The number of allylic oxidation sites excluding steroid dienone is 1. The normalized spacial score (nSPS) is 18.0. The smallest absolute Gasteiger partial charge is 0.410 e. The minimum Gasteiger partial charge on any atom is -0.496 e. The van der Waals surface area contributed by atoms with Crippen LogP contribution in [-0.4, -0.2) is 54.0 Å². The van der Waals surface area contributed by atoms with E-state index < -0.39 is 5.60 Å². The Morgan fingerprint density at radius 2 is 2.27 bits per heavy atom. The van der Waals surface area contributed by atoms with Gasteiger partial charge in [-0.05, 0) is 27.2 Å². The van der Waals surface area contributed by atoms with Crippen LogP contribution in [0, 0.1) is 0 Å². The Kier molecular flexibility index (Phi) is 6.47. The third-order valence-electron chi connectivity index (χ3n) is 3.86. The third-order valence-corrected chi connectivity index (χ3v) is 4.07. The summed E-state index contributed by atoms with van der Waals surface area (Å²) in [4.78, 5) is 22.3. The summed E-state index contributed by atoms with van der Waals surface area (Å²) in [5, 5.41) is 0.335. The molecule has 2 rings (SSSR count). The molecular formula is C18H25ClN4O3. The maximum Gasteiger partial charge on any atom is 0.410 e. The minimum absolute atomic E-state index is 0.0327. The Morgan fingerprint density at radius 1 is 1.54 bits per heavy atom. The summed E-state index contributed by atoms with van der Waals surface area (Å²) in [7, 11) is 1.55. The number of aliphatic imine (C=N–C) groups is 1. The molecule has 8 heteroatoms. The van der Waals surface area contributed by atoms with Crippen LogP contribution in [0.3, 0.4) is 0 Å². The van der Waals surface area contributed by atoms with E-state index in [4.69, 9.17) is 26.8 Å². The van der Waals surface area contributed by atoms with Gasteiger partial charge in [0.25, 0.3) is 0 Å². The van der Waals surface area contributed by atoms with Crippen LogP contribution in [0.4, 0.5) is 4.79 Å². The second-order valence-electron chi connectivity index (χ2n) is 6.94. The Labute approximate surface area is 158 Å². The fraction of sp³-hybridized carbons (Fsp3) is 0.500. The number of amides is 1. The molecule has 2 N–H and O–H groups in total. The van der Waals surface area contributed by atoms with Crippen LogP contribution in [0.1, 0.15) is 32.8 Å². The lowest BCUT2D eigenvalue weighted by molar-refractivity contribution is -0.00334. The predicted molar refractivity (Wildman–Crippen MR) is 103 cm³/mol. The molecule has 1 aromatic rings. The summed E-state index contributed by atoms with van der Waals surface area (Å²) in [6, 6.07) is 1.65. The highest BCUT2D eigenvalue weighted by Gasteiger charge is 2.34. The Bertz CT molecular complexity index is 713. The first-order valence-corrected chi connectivity index (χ1v) is 8.74. The molecule has 0 saturated carbocycles. The van der Waals surface area contributed by atoms with Crippen molar-refractivity contribution in [2.75, 3.05) is 20.2 Å². The number of aromatic nitrogens is 1. The molecule has 0 aliphatic carbocycles.